The average Bonchev–Trinajstić information content (AvgIpc) is 2.37. The number of hydrogen-bond acceptors (Lipinski definition) is 2. The molecule has 0 saturated carbocycles. The van der Waals surface area contributed by atoms with Crippen molar-refractivity contribution in [3.63, 3.8) is 0 Å². The van der Waals surface area contributed by atoms with Gasteiger partial charge in [-0.25, -0.2) is 0 Å². The molecular formula is C15H15Cl2NO. The number of nitrogens with one attached hydrogen (secondary N) is 1. The van der Waals surface area contributed by atoms with Crippen LogP contribution in [0.1, 0.15) is 11.1 Å². The molecule has 2 aromatic carbocycles. The number of benzene rings is 2. The zero-order valence-electron chi connectivity index (χ0n) is 10.8. The first kappa shape index (κ1) is 14.2. The van der Waals surface area contributed by atoms with Gasteiger partial charge in [0, 0.05) is 17.1 Å². The second kappa shape index (κ2) is 6.29. The molecule has 0 radical (unpaired) electrons. The lowest BCUT2D eigenvalue weighted by molar-refractivity contribution is 0.474. The van der Waals surface area contributed by atoms with Crippen molar-refractivity contribution in [2.75, 3.05) is 7.05 Å². The molecule has 0 amide bonds. The Balaban J connectivity index is 2.35. The van der Waals surface area contributed by atoms with Gasteiger partial charge < -0.3 is 10.1 Å². The molecule has 0 unspecified atom stereocenters. The maximum atomic E-state index is 6.19. The third kappa shape index (κ3) is 3.41. The van der Waals surface area contributed by atoms with Crippen molar-refractivity contribution in [3.8, 4) is 11.5 Å². The molecule has 100 valence electrons. The first-order valence-electron chi connectivity index (χ1n) is 5.98. The van der Waals surface area contributed by atoms with E-state index in [0.29, 0.717) is 28.1 Å². The Bertz CT molecular complexity index is 584. The first-order valence-corrected chi connectivity index (χ1v) is 6.73. The topological polar surface area (TPSA) is 21.3 Å². The van der Waals surface area contributed by atoms with Gasteiger partial charge in [-0.3, -0.25) is 0 Å². The standard InChI is InChI=1S/C15H15Cl2NO/c1-10-6-7-15(13(17)8-10)19-14-5-3-4-12(16)11(14)9-18-2/h3-8,18H,9H2,1-2H3. The van der Waals surface area contributed by atoms with Gasteiger partial charge in [0.05, 0.1) is 5.02 Å². The molecular weight excluding hydrogens is 281 g/mol. The molecule has 0 aliphatic rings. The molecule has 2 rings (SSSR count). The van der Waals surface area contributed by atoms with Crippen LogP contribution in [0.3, 0.4) is 0 Å². The molecule has 0 aliphatic carbocycles. The largest absolute Gasteiger partial charge is 0.455 e. The third-order valence-corrected chi connectivity index (χ3v) is 3.39. The van der Waals surface area contributed by atoms with Crippen LogP contribution in [0.5, 0.6) is 11.5 Å². The van der Waals surface area contributed by atoms with E-state index in [2.05, 4.69) is 5.32 Å². The quantitative estimate of drug-likeness (QED) is 0.874. The zero-order valence-corrected chi connectivity index (χ0v) is 12.3. The Morgan fingerprint density at radius 1 is 1.05 bits per heavy atom. The molecule has 0 spiro atoms. The predicted molar refractivity (Wildman–Crippen MR) is 80.5 cm³/mol. The predicted octanol–water partition coefficient (Wildman–Crippen LogP) is 4.81. The van der Waals surface area contributed by atoms with Crippen molar-refractivity contribution in [2.45, 2.75) is 13.5 Å². The van der Waals surface area contributed by atoms with E-state index < -0.39 is 0 Å². The van der Waals surface area contributed by atoms with Gasteiger partial charge in [0.15, 0.2) is 0 Å². The molecule has 0 aliphatic heterocycles. The molecule has 1 N–H and O–H groups in total. The highest BCUT2D eigenvalue weighted by Crippen LogP contribution is 2.34. The summed E-state index contributed by atoms with van der Waals surface area (Å²) in [4.78, 5) is 0. The minimum absolute atomic E-state index is 0.593. The number of hydrogen-bond donors (Lipinski definition) is 1. The van der Waals surface area contributed by atoms with E-state index in [4.69, 9.17) is 27.9 Å². The van der Waals surface area contributed by atoms with E-state index in [1.165, 1.54) is 0 Å². The summed E-state index contributed by atoms with van der Waals surface area (Å²) in [5.74, 6) is 1.35. The van der Waals surface area contributed by atoms with Gasteiger partial charge in [-0.15, -0.1) is 0 Å². The van der Waals surface area contributed by atoms with Crippen LogP contribution < -0.4 is 10.1 Å². The van der Waals surface area contributed by atoms with Crippen LogP contribution in [0.15, 0.2) is 36.4 Å². The van der Waals surface area contributed by atoms with Crippen LogP contribution in [0.4, 0.5) is 0 Å². The number of aryl methyl sites for hydroxylation is 1. The normalized spacial score (nSPS) is 10.5. The van der Waals surface area contributed by atoms with Gasteiger partial charge >= 0.3 is 0 Å². The molecule has 2 aromatic rings. The summed E-state index contributed by atoms with van der Waals surface area (Å²) in [6.45, 7) is 2.62. The summed E-state index contributed by atoms with van der Waals surface area (Å²) in [6, 6.07) is 11.3. The second-order valence-electron chi connectivity index (χ2n) is 4.28. The van der Waals surface area contributed by atoms with Crippen LogP contribution >= 0.6 is 23.2 Å². The molecule has 4 heteroatoms. The Labute approximate surface area is 123 Å². The molecule has 2 nitrogen and oxygen atoms in total. The van der Waals surface area contributed by atoms with Crippen LogP contribution in [0, 0.1) is 6.92 Å². The van der Waals surface area contributed by atoms with Gasteiger partial charge in [-0.2, -0.15) is 0 Å². The molecule has 19 heavy (non-hydrogen) atoms. The van der Waals surface area contributed by atoms with Crippen molar-refractivity contribution in [1.29, 1.82) is 0 Å². The summed E-state index contributed by atoms with van der Waals surface area (Å²) in [7, 11) is 1.87. The van der Waals surface area contributed by atoms with Crippen molar-refractivity contribution >= 4 is 23.2 Å². The number of ether oxygens (including phenoxy) is 1. The lowest BCUT2D eigenvalue weighted by Crippen LogP contribution is -2.07. The van der Waals surface area contributed by atoms with Crippen LogP contribution in [-0.4, -0.2) is 7.05 Å². The van der Waals surface area contributed by atoms with Crippen molar-refractivity contribution in [2.24, 2.45) is 0 Å². The van der Waals surface area contributed by atoms with Crippen LogP contribution in [0.25, 0.3) is 0 Å². The molecule has 0 fully saturated rings. The summed E-state index contributed by atoms with van der Waals surface area (Å²) >= 11 is 12.4. The Kier molecular flexibility index (Phi) is 4.70. The van der Waals surface area contributed by atoms with Gasteiger partial charge in [-0.05, 0) is 43.8 Å². The minimum atomic E-state index is 0.593. The highest BCUT2D eigenvalue weighted by Gasteiger charge is 2.10. The Morgan fingerprint density at radius 3 is 2.53 bits per heavy atom. The summed E-state index contributed by atoms with van der Waals surface area (Å²) in [5.41, 5.74) is 2.02. The SMILES string of the molecule is CNCc1c(Cl)cccc1Oc1ccc(C)cc1Cl. The smallest absolute Gasteiger partial charge is 0.146 e. The van der Waals surface area contributed by atoms with E-state index in [1.54, 1.807) is 0 Å². The molecule has 0 bridgehead atoms. The summed E-state index contributed by atoms with van der Waals surface area (Å²) in [5, 5.41) is 4.35. The van der Waals surface area contributed by atoms with Crippen molar-refractivity contribution in [1.82, 2.24) is 5.32 Å². The highest BCUT2D eigenvalue weighted by molar-refractivity contribution is 6.32. The highest BCUT2D eigenvalue weighted by atomic mass is 35.5. The Morgan fingerprint density at radius 2 is 1.84 bits per heavy atom. The van der Waals surface area contributed by atoms with Gasteiger partial charge in [-0.1, -0.05) is 35.3 Å². The fourth-order valence-electron chi connectivity index (χ4n) is 1.79. The van der Waals surface area contributed by atoms with E-state index in [1.807, 2.05) is 50.4 Å². The first-order chi connectivity index (χ1) is 9.11. The van der Waals surface area contributed by atoms with Gasteiger partial charge in [0.1, 0.15) is 11.5 Å². The summed E-state index contributed by atoms with van der Waals surface area (Å²) in [6.07, 6.45) is 0. The van der Waals surface area contributed by atoms with Crippen molar-refractivity contribution in [3.05, 3.63) is 57.6 Å². The maximum absolute atomic E-state index is 6.19. The summed E-state index contributed by atoms with van der Waals surface area (Å²) < 4.78 is 5.87. The fraction of sp³-hybridized carbons (Fsp3) is 0.200. The van der Waals surface area contributed by atoms with Crippen LogP contribution in [-0.2, 0) is 6.54 Å². The van der Waals surface area contributed by atoms with Gasteiger partial charge in [0.2, 0.25) is 0 Å². The third-order valence-electron chi connectivity index (χ3n) is 2.74. The van der Waals surface area contributed by atoms with E-state index >= 15 is 0 Å². The maximum Gasteiger partial charge on any atom is 0.146 e. The van der Waals surface area contributed by atoms with Crippen LogP contribution in [0.2, 0.25) is 10.0 Å². The lowest BCUT2D eigenvalue weighted by atomic mass is 10.2. The van der Waals surface area contributed by atoms with Gasteiger partial charge in [0.25, 0.3) is 0 Å². The molecule has 0 heterocycles. The average molecular weight is 296 g/mol. The molecule has 0 saturated heterocycles. The van der Waals surface area contributed by atoms with E-state index in [9.17, 15) is 0 Å². The lowest BCUT2D eigenvalue weighted by Gasteiger charge is -2.13. The van der Waals surface area contributed by atoms with E-state index in [-0.39, 0.29) is 0 Å². The fourth-order valence-corrected chi connectivity index (χ4v) is 2.30. The second-order valence-corrected chi connectivity index (χ2v) is 5.10. The van der Waals surface area contributed by atoms with Crippen molar-refractivity contribution < 1.29 is 4.74 Å². The Hall–Kier alpha value is -1.22. The number of halogens is 2. The molecule has 0 atom stereocenters. The minimum Gasteiger partial charge on any atom is -0.455 e. The number of rotatable bonds is 4. The van der Waals surface area contributed by atoms with E-state index in [0.717, 1.165) is 11.1 Å². The zero-order chi connectivity index (χ0) is 13.8. The molecule has 0 aromatic heterocycles. The monoisotopic (exact) mass is 295 g/mol.